The van der Waals surface area contributed by atoms with Crippen LogP contribution in [0.3, 0.4) is 0 Å². The van der Waals surface area contributed by atoms with Gasteiger partial charge in [-0.1, -0.05) is 27.2 Å². The van der Waals surface area contributed by atoms with E-state index in [1.807, 2.05) is 12.5 Å². The Kier molecular flexibility index (Phi) is 7.17. The van der Waals surface area contributed by atoms with Gasteiger partial charge in [0.15, 0.2) is 0 Å². The molecule has 0 spiro atoms. The molecule has 2 fully saturated rings. The normalized spacial score (nSPS) is 34.3. The summed E-state index contributed by atoms with van der Waals surface area (Å²) in [7, 11) is 1.39. The highest BCUT2D eigenvalue weighted by atomic mass is 32.2. The maximum Gasteiger partial charge on any atom is 0.311 e. The molecule has 0 aliphatic heterocycles. The van der Waals surface area contributed by atoms with Crippen LogP contribution < -0.4 is 0 Å². The van der Waals surface area contributed by atoms with E-state index in [0.717, 1.165) is 12.8 Å². The number of carbonyl (C=O) groups excluding carboxylic acids is 2. The summed E-state index contributed by atoms with van der Waals surface area (Å²) in [5.74, 6) is 0.198. The minimum absolute atomic E-state index is 0.0203. The van der Waals surface area contributed by atoms with E-state index < -0.39 is 5.92 Å². The van der Waals surface area contributed by atoms with Crippen LogP contribution in [0.15, 0.2) is 0 Å². The average Bonchev–Trinajstić information content (AvgIpc) is 2.54. The van der Waals surface area contributed by atoms with Crippen molar-refractivity contribution >= 4 is 35.5 Å². The van der Waals surface area contributed by atoms with Crippen LogP contribution in [-0.2, 0) is 19.1 Å². The first kappa shape index (κ1) is 20.9. The van der Waals surface area contributed by atoms with Crippen LogP contribution in [0.1, 0.15) is 46.5 Å². The van der Waals surface area contributed by atoms with Gasteiger partial charge in [0.1, 0.15) is 6.10 Å². The molecular weight excluding hydrogens is 356 g/mol. The zero-order valence-electron chi connectivity index (χ0n) is 16.2. The van der Waals surface area contributed by atoms with E-state index in [1.165, 1.54) is 13.5 Å². The molecule has 144 valence electrons. The standard InChI is InChI=1S/C19H32O4S2/c1-11(2)13-8-7-12(3)9-15(13)23-17(20)14-10-19(24-5,25-6)16(14)18(21)22-4/h11-16H,7-10H2,1-6H3/t12-,13+,14+,15-,16+/m1/s1. The summed E-state index contributed by atoms with van der Waals surface area (Å²) in [6.07, 6.45) is 7.88. The summed E-state index contributed by atoms with van der Waals surface area (Å²) >= 11 is 3.28. The zero-order valence-corrected chi connectivity index (χ0v) is 17.9. The number of hydrogen-bond acceptors (Lipinski definition) is 6. The monoisotopic (exact) mass is 388 g/mol. The molecule has 0 amide bonds. The molecule has 2 rings (SSSR count). The van der Waals surface area contributed by atoms with Gasteiger partial charge in [-0.3, -0.25) is 9.59 Å². The second-order valence-corrected chi connectivity index (χ2v) is 10.4. The van der Waals surface area contributed by atoms with E-state index in [4.69, 9.17) is 9.47 Å². The highest BCUT2D eigenvalue weighted by Gasteiger charge is 2.61. The highest BCUT2D eigenvalue weighted by molar-refractivity contribution is 8.17. The number of rotatable bonds is 6. The lowest BCUT2D eigenvalue weighted by atomic mass is 9.71. The summed E-state index contributed by atoms with van der Waals surface area (Å²) < 4.78 is 10.7. The number of methoxy groups -OCH3 is 1. The smallest absolute Gasteiger partial charge is 0.311 e. The molecule has 0 aromatic rings. The van der Waals surface area contributed by atoms with Crippen molar-refractivity contribution in [2.24, 2.45) is 29.6 Å². The Labute approximate surface area is 160 Å². The third kappa shape index (κ3) is 4.15. The number of hydrogen-bond donors (Lipinski definition) is 0. The second kappa shape index (κ2) is 8.55. The van der Waals surface area contributed by atoms with Crippen molar-refractivity contribution < 1.29 is 19.1 Å². The molecule has 0 N–H and O–H groups in total. The van der Waals surface area contributed by atoms with Crippen LogP contribution in [0.2, 0.25) is 0 Å². The molecular formula is C19H32O4S2. The lowest BCUT2D eigenvalue weighted by Crippen LogP contribution is -2.57. The third-order valence-corrected chi connectivity index (χ3v) is 9.28. The lowest BCUT2D eigenvalue weighted by Gasteiger charge is -2.50. The van der Waals surface area contributed by atoms with Gasteiger partial charge >= 0.3 is 11.9 Å². The van der Waals surface area contributed by atoms with E-state index in [9.17, 15) is 9.59 Å². The van der Waals surface area contributed by atoms with Crippen molar-refractivity contribution in [2.45, 2.75) is 56.6 Å². The minimum atomic E-state index is -0.423. The van der Waals surface area contributed by atoms with E-state index in [0.29, 0.717) is 24.2 Å². The topological polar surface area (TPSA) is 52.6 Å². The Morgan fingerprint density at radius 1 is 1.12 bits per heavy atom. The van der Waals surface area contributed by atoms with Gasteiger partial charge in [-0.2, -0.15) is 0 Å². The van der Waals surface area contributed by atoms with Gasteiger partial charge in [0, 0.05) is 0 Å². The van der Waals surface area contributed by atoms with Crippen LogP contribution in [0.5, 0.6) is 0 Å². The van der Waals surface area contributed by atoms with Crippen LogP contribution in [0.4, 0.5) is 0 Å². The largest absolute Gasteiger partial charge is 0.469 e. The first-order chi connectivity index (χ1) is 11.8. The van der Waals surface area contributed by atoms with Gasteiger partial charge in [0.2, 0.25) is 0 Å². The summed E-state index contributed by atoms with van der Waals surface area (Å²) in [5, 5.41) is 0. The van der Waals surface area contributed by atoms with E-state index in [1.54, 1.807) is 23.5 Å². The zero-order chi connectivity index (χ0) is 18.8. The predicted octanol–water partition coefficient (Wildman–Crippen LogP) is 4.22. The summed E-state index contributed by atoms with van der Waals surface area (Å²) in [4.78, 5) is 25.2. The SMILES string of the molecule is COC(=O)[C@@H]1[C@@H](C(=O)O[C@@H]2C[C@H](C)CC[C@H]2C(C)C)CC1(SC)SC. The molecule has 0 aromatic carbocycles. The van der Waals surface area contributed by atoms with Crippen molar-refractivity contribution in [1.82, 2.24) is 0 Å². The average molecular weight is 389 g/mol. The maximum atomic E-state index is 12.9. The van der Waals surface area contributed by atoms with Crippen LogP contribution >= 0.6 is 23.5 Å². The molecule has 2 saturated carbocycles. The predicted molar refractivity (Wildman–Crippen MR) is 105 cm³/mol. The van der Waals surface area contributed by atoms with Crippen molar-refractivity contribution in [3.63, 3.8) is 0 Å². The first-order valence-corrected chi connectivity index (χ1v) is 11.6. The summed E-state index contributed by atoms with van der Waals surface area (Å²) in [6.45, 7) is 6.63. The molecule has 2 aliphatic rings. The molecule has 0 radical (unpaired) electrons. The lowest BCUT2D eigenvalue weighted by molar-refractivity contribution is -0.174. The van der Waals surface area contributed by atoms with E-state index in [-0.39, 0.29) is 28.0 Å². The molecule has 0 saturated heterocycles. The Morgan fingerprint density at radius 3 is 2.28 bits per heavy atom. The van der Waals surface area contributed by atoms with Gasteiger partial charge in [-0.25, -0.2) is 0 Å². The Balaban J connectivity index is 2.10. The fraction of sp³-hybridized carbons (Fsp3) is 0.895. The van der Waals surface area contributed by atoms with Gasteiger partial charge in [0.05, 0.1) is 23.0 Å². The molecule has 25 heavy (non-hydrogen) atoms. The van der Waals surface area contributed by atoms with Crippen LogP contribution in [0.25, 0.3) is 0 Å². The first-order valence-electron chi connectivity index (χ1n) is 9.18. The fourth-order valence-electron chi connectivity index (χ4n) is 4.38. The molecule has 5 atom stereocenters. The van der Waals surface area contributed by atoms with Crippen LogP contribution in [0, 0.1) is 29.6 Å². The molecule has 0 bridgehead atoms. The van der Waals surface area contributed by atoms with E-state index >= 15 is 0 Å². The molecule has 2 aliphatic carbocycles. The number of esters is 2. The second-order valence-electron chi connectivity index (χ2n) is 7.83. The summed E-state index contributed by atoms with van der Waals surface area (Å²) in [5.41, 5.74) is 0. The molecule has 4 nitrogen and oxygen atoms in total. The molecule has 0 aromatic heterocycles. The Bertz CT molecular complexity index is 490. The van der Waals surface area contributed by atoms with E-state index in [2.05, 4.69) is 20.8 Å². The summed E-state index contributed by atoms with van der Waals surface area (Å²) in [6, 6.07) is 0. The Morgan fingerprint density at radius 2 is 1.76 bits per heavy atom. The van der Waals surface area contributed by atoms with Gasteiger partial charge in [-0.05, 0) is 49.5 Å². The number of carbonyl (C=O) groups is 2. The number of thioether (sulfide) groups is 2. The quantitative estimate of drug-likeness (QED) is 0.501. The molecule has 6 heteroatoms. The van der Waals surface area contributed by atoms with Gasteiger partial charge < -0.3 is 9.47 Å². The Hall–Kier alpha value is -0.360. The number of ether oxygens (including phenoxy) is 2. The van der Waals surface area contributed by atoms with Crippen molar-refractivity contribution in [3.05, 3.63) is 0 Å². The van der Waals surface area contributed by atoms with Crippen molar-refractivity contribution in [3.8, 4) is 0 Å². The van der Waals surface area contributed by atoms with Gasteiger partial charge in [0.25, 0.3) is 0 Å². The maximum absolute atomic E-state index is 12.9. The fourth-order valence-corrected chi connectivity index (χ4v) is 6.77. The van der Waals surface area contributed by atoms with Crippen molar-refractivity contribution in [1.29, 1.82) is 0 Å². The van der Waals surface area contributed by atoms with Crippen LogP contribution in [-0.4, -0.2) is 41.7 Å². The third-order valence-electron chi connectivity index (χ3n) is 6.06. The van der Waals surface area contributed by atoms with Gasteiger partial charge in [-0.15, -0.1) is 23.5 Å². The minimum Gasteiger partial charge on any atom is -0.469 e. The molecule has 0 heterocycles. The molecule has 0 unspecified atom stereocenters. The van der Waals surface area contributed by atoms with Crippen molar-refractivity contribution in [2.75, 3.05) is 19.6 Å². The highest BCUT2D eigenvalue weighted by Crippen LogP contribution is 2.59.